The van der Waals surface area contributed by atoms with Crippen LogP contribution in [0.3, 0.4) is 0 Å². The van der Waals surface area contributed by atoms with Crippen LogP contribution in [-0.2, 0) is 0 Å². The van der Waals surface area contributed by atoms with Gasteiger partial charge in [0.1, 0.15) is 17.2 Å². The predicted molar refractivity (Wildman–Crippen MR) is 73.4 cm³/mol. The van der Waals surface area contributed by atoms with E-state index in [0.717, 1.165) is 33.5 Å². The highest BCUT2D eigenvalue weighted by Gasteiger charge is 2.07. The van der Waals surface area contributed by atoms with Gasteiger partial charge in [-0.15, -0.1) is 0 Å². The molecule has 4 heterocycles. The number of aryl methyl sites for hydroxylation is 1. The number of furan rings is 1. The van der Waals surface area contributed by atoms with Crippen molar-refractivity contribution >= 4 is 21.9 Å². The third-order valence-corrected chi connectivity index (χ3v) is 3.25. The van der Waals surface area contributed by atoms with Crippen LogP contribution in [0.25, 0.3) is 27.7 Å². The number of hydrogen-bond donors (Lipinski definition) is 0. The summed E-state index contributed by atoms with van der Waals surface area (Å²) in [6, 6.07) is 7.98. The molecule has 19 heavy (non-hydrogen) atoms. The first kappa shape index (κ1) is 10.3. The average molecular weight is 249 g/mol. The zero-order valence-electron chi connectivity index (χ0n) is 10.4. The molecule has 0 aromatic carbocycles. The number of nitrogens with zero attached hydrogens (tertiary/aromatic N) is 3. The fraction of sp³-hybridized carbons (Fsp3) is 0.0667. The summed E-state index contributed by atoms with van der Waals surface area (Å²) < 4.78 is 7.66. The minimum Gasteiger partial charge on any atom is -0.461 e. The van der Waals surface area contributed by atoms with E-state index >= 15 is 0 Å². The van der Waals surface area contributed by atoms with Crippen molar-refractivity contribution in [2.75, 3.05) is 0 Å². The molecule has 0 saturated carbocycles. The summed E-state index contributed by atoms with van der Waals surface area (Å²) in [6.07, 6.45) is 7.47. The van der Waals surface area contributed by atoms with Crippen molar-refractivity contribution in [3.05, 3.63) is 54.8 Å². The first-order valence-electron chi connectivity index (χ1n) is 6.09. The van der Waals surface area contributed by atoms with Gasteiger partial charge in [0.25, 0.3) is 0 Å². The Bertz CT molecular complexity index is 889. The molecule has 4 aromatic rings. The second-order valence-electron chi connectivity index (χ2n) is 4.56. The Kier molecular flexibility index (Phi) is 2.00. The minimum atomic E-state index is 0.838. The van der Waals surface area contributed by atoms with Gasteiger partial charge in [-0.3, -0.25) is 9.55 Å². The number of hydrogen-bond acceptors (Lipinski definition) is 3. The quantitative estimate of drug-likeness (QED) is 0.518. The van der Waals surface area contributed by atoms with Crippen LogP contribution in [0.2, 0.25) is 0 Å². The van der Waals surface area contributed by atoms with Gasteiger partial charge < -0.3 is 4.42 Å². The molecular formula is C15H11N3O. The SMILES string of the molecule is Cc1cc2cnc(-n3ccc4ccncc43)cc2o1. The van der Waals surface area contributed by atoms with E-state index < -0.39 is 0 Å². The Morgan fingerprint density at radius 3 is 3.00 bits per heavy atom. The Balaban J connectivity index is 1.98. The van der Waals surface area contributed by atoms with Gasteiger partial charge in [0.15, 0.2) is 0 Å². The topological polar surface area (TPSA) is 43.9 Å². The van der Waals surface area contributed by atoms with Crippen LogP contribution in [0.15, 0.2) is 53.5 Å². The van der Waals surface area contributed by atoms with Crippen LogP contribution < -0.4 is 0 Å². The van der Waals surface area contributed by atoms with Crippen LogP contribution in [0.1, 0.15) is 5.76 Å². The predicted octanol–water partition coefficient (Wildman–Crippen LogP) is 3.48. The largest absolute Gasteiger partial charge is 0.461 e. The van der Waals surface area contributed by atoms with E-state index in [9.17, 15) is 0 Å². The molecule has 0 spiro atoms. The Hall–Kier alpha value is -2.62. The van der Waals surface area contributed by atoms with Crippen LogP contribution in [0.4, 0.5) is 0 Å². The molecule has 0 aliphatic heterocycles. The van der Waals surface area contributed by atoms with E-state index in [0.29, 0.717) is 0 Å². The molecule has 0 fully saturated rings. The third kappa shape index (κ3) is 1.53. The Morgan fingerprint density at radius 1 is 1.11 bits per heavy atom. The fourth-order valence-electron chi connectivity index (χ4n) is 2.36. The lowest BCUT2D eigenvalue weighted by Crippen LogP contribution is -1.94. The molecule has 0 radical (unpaired) electrons. The maximum Gasteiger partial charge on any atom is 0.140 e. The van der Waals surface area contributed by atoms with E-state index in [1.165, 1.54) is 0 Å². The van der Waals surface area contributed by atoms with Gasteiger partial charge in [-0.2, -0.15) is 0 Å². The molecule has 0 amide bonds. The molecule has 4 aromatic heterocycles. The lowest BCUT2D eigenvalue weighted by atomic mass is 10.3. The maximum absolute atomic E-state index is 5.65. The molecule has 0 atom stereocenters. The van der Waals surface area contributed by atoms with Crippen LogP contribution in [-0.4, -0.2) is 14.5 Å². The van der Waals surface area contributed by atoms with Crippen molar-refractivity contribution < 1.29 is 4.42 Å². The second-order valence-corrected chi connectivity index (χ2v) is 4.56. The summed E-state index contributed by atoms with van der Waals surface area (Å²) in [5.41, 5.74) is 1.89. The number of pyridine rings is 2. The van der Waals surface area contributed by atoms with Gasteiger partial charge >= 0.3 is 0 Å². The summed E-state index contributed by atoms with van der Waals surface area (Å²) in [5.74, 6) is 1.73. The first-order valence-corrected chi connectivity index (χ1v) is 6.09. The van der Waals surface area contributed by atoms with Crippen LogP contribution >= 0.6 is 0 Å². The molecule has 4 heteroatoms. The smallest absolute Gasteiger partial charge is 0.140 e. The van der Waals surface area contributed by atoms with Crippen molar-refractivity contribution in [2.24, 2.45) is 0 Å². The second kappa shape index (κ2) is 3.68. The van der Waals surface area contributed by atoms with E-state index in [-0.39, 0.29) is 0 Å². The van der Waals surface area contributed by atoms with Gasteiger partial charge in [0.05, 0.1) is 11.7 Å². The fourth-order valence-corrected chi connectivity index (χ4v) is 2.36. The van der Waals surface area contributed by atoms with E-state index in [1.54, 1.807) is 6.20 Å². The van der Waals surface area contributed by atoms with Gasteiger partial charge in [0, 0.05) is 35.4 Å². The lowest BCUT2D eigenvalue weighted by Gasteiger charge is -2.03. The summed E-state index contributed by atoms with van der Waals surface area (Å²) in [5, 5.41) is 2.17. The van der Waals surface area contributed by atoms with E-state index in [1.807, 2.05) is 48.3 Å². The summed E-state index contributed by atoms with van der Waals surface area (Å²) in [6.45, 7) is 1.94. The molecule has 4 rings (SSSR count). The highest BCUT2D eigenvalue weighted by atomic mass is 16.3. The highest BCUT2D eigenvalue weighted by molar-refractivity contribution is 5.82. The molecule has 0 unspecified atom stereocenters. The van der Waals surface area contributed by atoms with Crippen molar-refractivity contribution in [1.29, 1.82) is 0 Å². The van der Waals surface area contributed by atoms with Crippen molar-refractivity contribution in [2.45, 2.75) is 6.92 Å². The van der Waals surface area contributed by atoms with Crippen LogP contribution in [0, 0.1) is 6.92 Å². The molecule has 0 aliphatic carbocycles. The summed E-state index contributed by atoms with van der Waals surface area (Å²) in [7, 11) is 0. The van der Waals surface area contributed by atoms with Crippen molar-refractivity contribution in [1.82, 2.24) is 14.5 Å². The molecule has 92 valence electrons. The Labute approximate surface area is 109 Å². The Morgan fingerprint density at radius 2 is 2.05 bits per heavy atom. The lowest BCUT2D eigenvalue weighted by molar-refractivity contribution is 0.578. The van der Waals surface area contributed by atoms with E-state index in [4.69, 9.17) is 4.42 Å². The summed E-state index contributed by atoms with van der Waals surface area (Å²) in [4.78, 5) is 8.65. The van der Waals surface area contributed by atoms with E-state index in [2.05, 4.69) is 16.0 Å². The normalized spacial score (nSPS) is 11.4. The van der Waals surface area contributed by atoms with Crippen LogP contribution in [0.5, 0.6) is 0 Å². The maximum atomic E-state index is 5.65. The standard InChI is InChI=1S/C15H11N3O/c1-10-6-12-8-17-15(7-14(12)19-10)18-5-3-11-2-4-16-9-13(11)18/h2-9H,1H3. The first-order chi connectivity index (χ1) is 9.31. The number of fused-ring (bicyclic) bond motifs is 2. The zero-order chi connectivity index (χ0) is 12.8. The third-order valence-electron chi connectivity index (χ3n) is 3.25. The molecule has 0 aliphatic rings. The highest BCUT2D eigenvalue weighted by Crippen LogP contribution is 2.23. The van der Waals surface area contributed by atoms with Gasteiger partial charge in [-0.05, 0) is 25.1 Å². The molecule has 0 N–H and O–H groups in total. The summed E-state index contributed by atoms with van der Waals surface area (Å²) >= 11 is 0. The minimum absolute atomic E-state index is 0.838. The van der Waals surface area contributed by atoms with Gasteiger partial charge in [-0.1, -0.05) is 0 Å². The molecule has 4 nitrogen and oxygen atoms in total. The molecule has 0 bridgehead atoms. The monoisotopic (exact) mass is 249 g/mol. The average Bonchev–Trinajstić information content (AvgIpc) is 2.99. The van der Waals surface area contributed by atoms with Crippen molar-refractivity contribution in [3.63, 3.8) is 0 Å². The molecular weight excluding hydrogens is 238 g/mol. The molecule has 0 saturated heterocycles. The van der Waals surface area contributed by atoms with Gasteiger partial charge in [0.2, 0.25) is 0 Å². The number of rotatable bonds is 1. The van der Waals surface area contributed by atoms with Crippen molar-refractivity contribution in [3.8, 4) is 5.82 Å². The zero-order valence-corrected chi connectivity index (χ0v) is 10.4. The number of aromatic nitrogens is 3. The van der Waals surface area contributed by atoms with Gasteiger partial charge in [-0.25, -0.2) is 4.98 Å².